The molecule has 0 radical (unpaired) electrons. The third-order valence-electron chi connectivity index (χ3n) is 3.32. The van der Waals surface area contributed by atoms with Crippen molar-refractivity contribution in [2.45, 2.75) is 0 Å². The summed E-state index contributed by atoms with van der Waals surface area (Å²) < 4.78 is 1.88. The molecule has 3 rings (SSSR count). The van der Waals surface area contributed by atoms with Crippen molar-refractivity contribution in [1.29, 1.82) is 0 Å². The first-order valence-corrected chi connectivity index (χ1v) is 7.09. The molecular formula is C18H15N3O2. The molecule has 0 amide bonds. The first-order valence-electron chi connectivity index (χ1n) is 7.09. The first kappa shape index (κ1) is 14.6. The molecule has 0 saturated carbocycles. The number of para-hydroxylation sites is 1. The molecule has 0 saturated heterocycles. The lowest BCUT2D eigenvalue weighted by molar-refractivity contribution is 0.0697. The number of benzene rings is 2. The Morgan fingerprint density at radius 1 is 1.04 bits per heavy atom. The van der Waals surface area contributed by atoms with E-state index in [9.17, 15) is 4.79 Å². The summed E-state index contributed by atoms with van der Waals surface area (Å²) in [5.74, 6) is -0.944. The summed E-state index contributed by atoms with van der Waals surface area (Å²) in [5, 5.41) is 13.3. The summed E-state index contributed by atoms with van der Waals surface area (Å²) in [5.41, 5.74) is 5.72. The van der Waals surface area contributed by atoms with Gasteiger partial charge in [-0.05, 0) is 42.5 Å². The topological polar surface area (TPSA) is 66.6 Å². The van der Waals surface area contributed by atoms with Crippen LogP contribution in [0.3, 0.4) is 0 Å². The van der Waals surface area contributed by atoms with Gasteiger partial charge in [-0.25, -0.2) is 4.79 Å². The van der Waals surface area contributed by atoms with Crippen LogP contribution in [0.15, 0.2) is 78.0 Å². The van der Waals surface area contributed by atoms with Crippen molar-refractivity contribution < 1.29 is 9.90 Å². The largest absolute Gasteiger partial charge is 0.478 e. The minimum absolute atomic E-state index is 0.251. The summed E-state index contributed by atoms with van der Waals surface area (Å²) in [4.78, 5) is 11.1. The van der Waals surface area contributed by atoms with Gasteiger partial charge in [-0.3, -0.25) is 5.43 Å². The molecule has 3 aromatic rings. The molecule has 2 aromatic carbocycles. The van der Waals surface area contributed by atoms with E-state index in [1.54, 1.807) is 24.4 Å². The molecule has 23 heavy (non-hydrogen) atoms. The molecule has 0 spiro atoms. The number of carboxylic acid groups (broad SMARTS) is 1. The lowest BCUT2D eigenvalue weighted by Gasteiger charge is -2.07. The molecule has 0 unspecified atom stereocenters. The minimum Gasteiger partial charge on any atom is -0.478 e. The Morgan fingerprint density at radius 3 is 2.65 bits per heavy atom. The summed E-state index contributed by atoms with van der Waals surface area (Å²) in [7, 11) is 0. The maximum absolute atomic E-state index is 11.1. The highest BCUT2D eigenvalue weighted by molar-refractivity contribution is 5.88. The molecule has 0 aliphatic rings. The number of carbonyl (C=O) groups is 1. The average molecular weight is 305 g/mol. The van der Waals surface area contributed by atoms with Crippen LogP contribution in [0, 0.1) is 0 Å². The number of anilines is 1. The fraction of sp³-hybridized carbons (Fsp3) is 0. The van der Waals surface area contributed by atoms with Crippen LogP contribution >= 0.6 is 0 Å². The maximum atomic E-state index is 11.1. The van der Waals surface area contributed by atoms with Gasteiger partial charge < -0.3 is 9.67 Å². The predicted molar refractivity (Wildman–Crippen MR) is 90.4 cm³/mol. The lowest BCUT2D eigenvalue weighted by Crippen LogP contribution is -2.02. The monoisotopic (exact) mass is 305 g/mol. The van der Waals surface area contributed by atoms with Crippen molar-refractivity contribution in [1.82, 2.24) is 4.57 Å². The number of aromatic carboxylic acids is 1. The molecule has 0 fully saturated rings. The predicted octanol–water partition coefficient (Wildman–Crippen LogP) is 3.62. The van der Waals surface area contributed by atoms with Crippen molar-refractivity contribution >= 4 is 17.9 Å². The number of hydrazone groups is 1. The number of hydrogen-bond acceptors (Lipinski definition) is 3. The number of nitrogens with one attached hydrogen (secondary N) is 1. The van der Waals surface area contributed by atoms with E-state index in [0.717, 1.165) is 17.1 Å². The molecule has 0 bridgehead atoms. The number of hydrogen-bond donors (Lipinski definition) is 2. The van der Waals surface area contributed by atoms with Gasteiger partial charge in [0.15, 0.2) is 0 Å². The first-order chi connectivity index (χ1) is 11.2. The highest BCUT2D eigenvalue weighted by atomic mass is 16.4. The lowest BCUT2D eigenvalue weighted by atomic mass is 10.2. The second-order valence-electron chi connectivity index (χ2n) is 4.89. The number of aromatic nitrogens is 1. The second kappa shape index (κ2) is 6.62. The van der Waals surface area contributed by atoms with Crippen LogP contribution in [0.4, 0.5) is 5.69 Å². The third kappa shape index (κ3) is 3.47. The van der Waals surface area contributed by atoms with E-state index >= 15 is 0 Å². The summed E-state index contributed by atoms with van der Waals surface area (Å²) in [6.45, 7) is 0. The van der Waals surface area contributed by atoms with Gasteiger partial charge in [-0.2, -0.15) is 5.10 Å². The van der Waals surface area contributed by atoms with Crippen LogP contribution in [-0.2, 0) is 0 Å². The summed E-state index contributed by atoms with van der Waals surface area (Å²) >= 11 is 0. The fourth-order valence-corrected chi connectivity index (χ4v) is 2.21. The smallest absolute Gasteiger partial charge is 0.335 e. The normalized spacial score (nSPS) is 10.8. The Labute approximate surface area is 133 Å². The number of rotatable bonds is 5. The fourth-order valence-electron chi connectivity index (χ4n) is 2.21. The van der Waals surface area contributed by atoms with E-state index in [2.05, 4.69) is 10.5 Å². The van der Waals surface area contributed by atoms with Crippen LogP contribution in [0.1, 0.15) is 16.1 Å². The van der Waals surface area contributed by atoms with Crippen LogP contribution in [0.25, 0.3) is 5.69 Å². The van der Waals surface area contributed by atoms with Crippen molar-refractivity contribution in [3.63, 3.8) is 0 Å². The second-order valence-corrected chi connectivity index (χ2v) is 4.89. The van der Waals surface area contributed by atoms with Crippen molar-refractivity contribution in [2.24, 2.45) is 5.10 Å². The zero-order valence-corrected chi connectivity index (χ0v) is 12.3. The average Bonchev–Trinajstić information content (AvgIpc) is 3.04. The Hall–Kier alpha value is -3.34. The minimum atomic E-state index is -0.944. The van der Waals surface area contributed by atoms with Crippen molar-refractivity contribution in [3.8, 4) is 5.69 Å². The van der Waals surface area contributed by atoms with Gasteiger partial charge in [0.05, 0.1) is 23.2 Å². The Balaban J connectivity index is 1.82. The van der Waals surface area contributed by atoms with Crippen LogP contribution < -0.4 is 5.43 Å². The van der Waals surface area contributed by atoms with Crippen molar-refractivity contribution in [3.05, 3.63) is 84.2 Å². The molecule has 2 N–H and O–H groups in total. The van der Waals surface area contributed by atoms with Crippen LogP contribution in [0.2, 0.25) is 0 Å². The van der Waals surface area contributed by atoms with E-state index in [0.29, 0.717) is 0 Å². The van der Waals surface area contributed by atoms with E-state index in [1.165, 1.54) is 0 Å². The third-order valence-corrected chi connectivity index (χ3v) is 3.32. The standard InChI is InChI=1S/C18H15N3O2/c22-18(23)14-6-4-9-16(12-14)21-11-5-10-17(21)13-19-20-15-7-2-1-3-8-15/h1-13,20H,(H,22,23)/b19-13-. The van der Waals surface area contributed by atoms with Gasteiger partial charge >= 0.3 is 5.97 Å². The molecule has 1 aromatic heterocycles. The number of carboxylic acids is 1. The zero-order chi connectivity index (χ0) is 16.1. The number of nitrogens with zero attached hydrogens (tertiary/aromatic N) is 2. The quantitative estimate of drug-likeness (QED) is 0.559. The molecule has 5 nitrogen and oxygen atoms in total. The highest BCUT2D eigenvalue weighted by Gasteiger charge is 2.06. The summed E-state index contributed by atoms with van der Waals surface area (Å²) in [6.07, 6.45) is 3.56. The van der Waals surface area contributed by atoms with Crippen LogP contribution in [-0.4, -0.2) is 21.9 Å². The molecule has 114 valence electrons. The van der Waals surface area contributed by atoms with Crippen LogP contribution in [0.5, 0.6) is 0 Å². The molecule has 0 aliphatic heterocycles. The SMILES string of the molecule is O=C(O)c1cccc(-n2cccc2/C=N\Nc2ccccc2)c1. The van der Waals surface area contributed by atoms with E-state index < -0.39 is 5.97 Å². The van der Waals surface area contributed by atoms with Gasteiger partial charge in [0.2, 0.25) is 0 Å². The zero-order valence-electron chi connectivity index (χ0n) is 12.3. The molecule has 1 heterocycles. The molecule has 0 atom stereocenters. The van der Waals surface area contributed by atoms with E-state index in [-0.39, 0.29) is 5.56 Å². The van der Waals surface area contributed by atoms with Gasteiger partial charge in [-0.15, -0.1) is 0 Å². The highest BCUT2D eigenvalue weighted by Crippen LogP contribution is 2.14. The van der Waals surface area contributed by atoms with Gasteiger partial charge in [0.25, 0.3) is 0 Å². The van der Waals surface area contributed by atoms with Crippen molar-refractivity contribution in [2.75, 3.05) is 5.43 Å². The Morgan fingerprint density at radius 2 is 1.87 bits per heavy atom. The van der Waals surface area contributed by atoms with Gasteiger partial charge in [0.1, 0.15) is 0 Å². The maximum Gasteiger partial charge on any atom is 0.335 e. The summed E-state index contributed by atoms with van der Waals surface area (Å²) in [6, 6.07) is 20.2. The van der Waals surface area contributed by atoms with Gasteiger partial charge in [-0.1, -0.05) is 24.3 Å². The van der Waals surface area contributed by atoms with E-state index in [1.807, 2.05) is 59.3 Å². The molecule has 0 aliphatic carbocycles. The van der Waals surface area contributed by atoms with Gasteiger partial charge in [0, 0.05) is 11.9 Å². The molecular weight excluding hydrogens is 290 g/mol. The Kier molecular flexibility index (Phi) is 4.20. The van der Waals surface area contributed by atoms with E-state index in [4.69, 9.17) is 5.11 Å². The molecule has 5 heteroatoms. The Bertz CT molecular complexity index is 838.